The number of hydrogen-bond donors (Lipinski definition) is 2. The van der Waals surface area contributed by atoms with Gasteiger partial charge in [0.1, 0.15) is 5.75 Å². The predicted octanol–water partition coefficient (Wildman–Crippen LogP) is 3.58. The van der Waals surface area contributed by atoms with E-state index in [1.165, 1.54) is 12.8 Å². The lowest BCUT2D eigenvalue weighted by Crippen LogP contribution is -2.47. The summed E-state index contributed by atoms with van der Waals surface area (Å²) in [5, 5.41) is 0. The van der Waals surface area contributed by atoms with Gasteiger partial charge in [0, 0.05) is 6.42 Å². The third-order valence-electron chi connectivity index (χ3n) is 4.06. The number of aryl methyl sites for hydroxylation is 1. The van der Waals surface area contributed by atoms with Gasteiger partial charge < -0.3 is 4.74 Å². The van der Waals surface area contributed by atoms with Crippen molar-refractivity contribution in [3.8, 4) is 5.75 Å². The van der Waals surface area contributed by atoms with E-state index in [0.717, 1.165) is 30.4 Å². The molecule has 1 atom stereocenters. The van der Waals surface area contributed by atoms with Crippen LogP contribution in [-0.4, -0.2) is 17.9 Å². The Balaban J connectivity index is 2.31. The summed E-state index contributed by atoms with van der Waals surface area (Å²) in [6.45, 7) is 7.76. The maximum absolute atomic E-state index is 12.0. The Kier molecular flexibility index (Phi) is 8.90. The van der Waals surface area contributed by atoms with Gasteiger partial charge in [0.05, 0.1) is 0 Å². The van der Waals surface area contributed by atoms with Crippen molar-refractivity contribution < 1.29 is 14.3 Å². The molecule has 24 heavy (non-hydrogen) atoms. The molecule has 0 saturated heterocycles. The van der Waals surface area contributed by atoms with Crippen LogP contribution in [0.25, 0.3) is 0 Å². The standard InChI is InChI=1S/C19H30N2O3/c1-5-6-7-8-9-13-18(22)20-21-19(23)16(4)24-17-12-10-11-14(2)15(17)3/h10-12,16H,5-9,13H2,1-4H3,(H,20,22)(H,21,23). The van der Waals surface area contributed by atoms with Crippen molar-refractivity contribution >= 4 is 11.8 Å². The van der Waals surface area contributed by atoms with Crippen molar-refractivity contribution in [2.24, 2.45) is 0 Å². The number of hydrogen-bond acceptors (Lipinski definition) is 3. The summed E-state index contributed by atoms with van der Waals surface area (Å²) in [4.78, 5) is 23.7. The number of unbranched alkanes of at least 4 members (excludes halogenated alkanes) is 4. The number of carbonyl (C=O) groups excluding carboxylic acids is 2. The van der Waals surface area contributed by atoms with E-state index in [4.69, 9.17) is 4.74 Å². The fraction of sp³-hybridized carbons (Fsp3) is 0.579. The highest BCUT2D eigenvalue weighted by Crippen LogP contribution is 2.21. The number of benzene rings is 1. The Labute approximate surface area is 145 Å². The SMILES string of the molecule is CCCCCCCC(=O)NNC(=O)C(C)Oc1cccc(C)c1C. The molecule has 0 aliphatic rings. The molecule has 0 heterocycles. The summed E-state index contributed by atoms with van der Waals surface area (Å²) in [5.74, 6) is 0.147. The van der Waals surface area contributed by atoms with Crippen LogP contribution in [0.4, 0.5) is 0 Å². The molecule has 1 unspecified atom stereocenters. The smallest absolute Gasteiger partial charge is 0.279 e. The van der Waals surface area contributed by atoms with Gasteiger partial charge in [-0.3, -0.25) is 20.4 Å². The van der Waals surface area contributed by atoms with E-state index < -0.39 is 6.10 Å². The summed E-state index contributed by atoms with van der Waals surface area (Å²) in [7, 11) is 0. The summed E-state index contributed by atoms with van der Waals surface area (Å²) < 4.78 is 5.68. The van der Waals surface area contributed by atoms with Gasteiger partial charge in [-0.2, -0.15) is 0 Å². The predicted molar refractivity (Wildman–Crippen MR) is 95.7 cm³/mol. The Hall–Kier alpha value is -2.04. The third kappa shape index (κ3) is 7.02. The molecule has 0 spiro atoms. The lowest BCUT2D eigenvalue weighted by atomic mass is 10.1. The van der Waals surface area contributed by atoms with Gasteiger partial charge in [0.25, 0.3) is 5.91 Å². The summed E-state index contributed by atoms with van der Waals surface area (Å²) >= 11 is 0. The van der Waals surface area contributed by atoms with E-state index in [1.54, 1.807) is 6.92 Å². The molecule has 2 N–H and O–H groups in total. The summed E-state index contributed by atoms with van der Waals surface area (Å²) in [5.41, 5.74) is 6.99. The van der Waals surface area contributed by atoms with E-state index in [9.17, 15) is 9.59 Å². The third-order valence-corrected chi connectivity index (χ3v) is 4.06. The van der Waals surface area contributed by atoms with Gasteiger partial charge >= 0.3 is 0 Å². The Morgan fingerprint density at radius 1 is 1.08 bits per heavy atom. The normalized spacial score (nSPS) is 11.7. The Morgan fingerprint density at radius 2 is 1.79 bits per heavy atom. The highest BCUT2D eigenvalue weighted by atomic mass is 16.5. The summed E-state index contributed by atoms with van der Waals surface area (Å²) in [6.07, 6.45) is 5.16. The number of carbonyl (C=O) groups is 2. The molecular formula is C19H30N2O3. The lowest BCUT2D eigenvalue weighted by Gasteiger charge is -2.17. The molecule has 0 aliphatic carbocycles. The quantitative estimate of drug-likeness (QED) is 0.536. The van der Waals surface area contributed by atoms with Crippen LogP contribution in [0, 0.1) is 13.8 Å². The van der Waals surface area contributed by atoms with Crippen LogP contribution in [0.15, 0.2) is 18.2 Å². The minimum Gasteiger partial charge on any atom is -0.481 e. The van der Waals surface area contributed by atoms with E-state index in [0.29, 0.717) is 12.2 Å². The number of nitrogens with one attached hydrogen (secondary N) is 2. The molecule has 0 radical (unpaired) electrons. The molecule has 5 nitrogen and oxygen atoms in total. The van der Waals surface area contributed by atoms with Crippen LogP contribution in [-0.2, 0) is 9.59 Å². The molecule has 134 valence electrons. The van der Waals surface area contributed by atoms with Crippen molar-refractivity contribution in [1.82, 2.24) is 10.9 Å². The van der Waals surface area contributed by atoms with E-state index in [-0.39, 0.29) is 11.8 Å². The molecule has 0 bridgehead atoms. The van der Waals surface area contributed by atoms with Gasteiger partial charge in [0.15, 0.2) is 6.10 Å². The minimum atomic E-state index is -0.685. The second kappa shape index (κ2) is 10.7. The zero-order valence-corrected chi connectivity index (χ0v) is 15.3. The minimum absolute atomic E-state index is 0.168. The fourth-order valence-electron chi connectivity index (χ4n) is 2.28. The van der Waals surface area contributed by atoms with Gasteiger partial charge in [-0.15, -0.1) is 0 Å². The van der Waals surface area contributed by atoms with Crippen molar-refractivity contribution in [3.05, 3.63) is 29.3 Å². The van der Waals surface area contributed by atoms with Crippen LogP contribution < -0.4 is 15.6 Å². The monoisotopic (exact) mass is 334 g/mol. The molecule has 1 aromatic rings. The van der Waals surface area contributed by atoms with Crippen molar-refractivity contribution in [2.75, 3.05) is 0 Å². The van der Waals surface area contributed by atoms with Gasteiger partial charge in [-0.05, 0) is 44.4 Å². The largest absolute Gasteiger partial charge is 0.481 e. The highest BCUT2D eigenvalue weighted by molar-refractivity contribution is 5.84. The summed E-state index contributed by atoms with van der Waals surface area (Å²) in [6, 6.07) is 5.72. The molecule has 0 aliphatic heterocycles. The van der Waals surface area contributed by atoms with Gasteiger partial charge in [0.2, 0.25) is 5.91 Å². The molecule has 1 aromatic carbocycles. The first kappa shape index (κ1) is 20.0. The number of ether oxygens (including phenoxy) is 1. The van der Waals surface area contributed by atoms with Crippen LogP contribution in [0.5, 0.6) is 5.75 Å². The topological polar surface area (TPSA) is 67.4 Å². The van der Waals surface area contributed by atoms with Crippen molar-refractivity contribution in [1.29, 1.82) is 0 Å². The molecular weight excluding hydrogens is 304 g/mol. The van der Waals surface area contributed by atoms with E-state index in [1.807, 2.05) is 32.0 Å². The second-order valence-corrected chi connectivity index (χ2v) is 6.16. The molecule has 5 heteroatoms. The fourth-order valence-corrected chi connectivity index (χ4v) is 2.28. The maximum atomic E-state index is 12.0. The Morgan fingerprint density at radius 3 is 2.50 bits per heavy atom. The van der Waals surface area contributed by atoms with Crippen LogP contribution in [0.3, 0.4) is 0 Å². The number of rotatable bonds is 9. The van der Waals surface area contributed by atoms with Gasteiger partial charge in [-0.25, -0.2) is 0 Å². The lowest BCUT2D eigenvalue weighted by molar-refractivity contribution is -0.132. The average Bonchev–Trinajstić information content (AvgIpc) is 2.56. The Bertz CT molecular complexity index is 543. The molecule has 0 fully saturated rings. The highest BCUT2D eigenvalue weighted by Gasteiger charge is 2.16. The van der Waals surface area contributed by atoms with Crippen molar-refractivity contribution in [2.45, 2.75) is 72.3 Å². The van der Waals surface area contributed by atoms with Gasteiger partial charge in [-0.1, -0.05) is 44.7 Å². The molecule has 0 aromatic heterocycles. The number of amides is 2. The first-order valence-corrected chi connectivity index (χ1v) is 8.77. The van der Waals surface area contributed by atoms with Crippen LogP contribution in [0.1, 0.15) is 63.5 Å². The second-order valence-electron chi connectivity index (χ2n) is 6.16. The molecule has 2 amide bonds. The average molecular weight is 334 g/mol. The van der Waals surface area contributed by atoms with Crippen molar-refractivity contribution in [3.63, 3.8) is 0 Å². The van der Waals surface area contributed by atoms with E-state index in [2.05, 4.69) is 17.8 Å². The molecule has 1 rings (SSSR count). The maximum Gasteiger partial charge on any atom is 0.279 e. The zero-order chi connectivity index (χ0) is 17.9. The first-order valence-electron chi connectivity index (χ1n) is 8.77. The molecule has 0 saturated carbocycles. The number of hydrazine groups is 1. The van der Waals surface area contributed by atoms with Crippen LogP contribution in [0.2, 0.25) is 0 Å². The van der Waals surface area contributed by atoms with Crippen LogP contribution >= 0.6 is 0 Å². The van der Waals surface area contributed by atoms with E-state index >= 15 is 0 Å². The zero-order valence-electron chi connectivity index (χ0n) is 15.3. The first-order chi connectivity index (χ1) is 11.5.